The third-order valence-electron chi connectivity index (χ3n) is 2.67. The fourth-order valence-corrected chi connectivity index (χ4v) is 1.98. The van der Waals surface area contributed by atoms with Gasteiger partial charge in [0.25, 0.3) is 0 Å². The molecule has 2 aromatic carbocycles. The number of rotatable bonds is 0. The predicted octanol–water partition coefficient (Wildman–Crippen LogP) is 1.74. The van der Waals surface area contributed by atoms with Crippen molar-refractivity contribution < 1.29 is 0 Å². The van der Waals surface area contributed by atoms with Crippen molar-refractivity contribution in [1.82, 2.24) is 0 Å². The number of benzene rings is 2. The average molecular weight is 182 g/mol. The smallest absolute Gasteiger partial charge is 0.0320 e. The summed E-state index contributed by atoms with van der Waals surface area (Å²) in [6.07, 6.45) is 0. The Morgan fingerprint density at radius 3 is 1.43 bits per heavy atom. The van der Waals surface area contributed by atoms with Crippen molar-refractivity contribution in [3.05, 3.63) is 57.3 Å². The van der Waals surface area contributed by atoms with Gasteiger partial charge in [0.2, 0.25) is 0 Å². The topological polar surface area (TPSA) is 52.0 Å². The minimum atomic E-state index is 0.811. The number of hydrogen-bond donors (Lipinski definition) is 2. The molecule has 0 spiro atoms. The first-order valence-electron chi connectivity index (χ1n) is 4.55. The number of nitrogen functional groups attached to an aromatic ring is 2. The normalized spacial score (nSPS) is 11.4. The van der Waals surface area contributed by atoms with Crippen LogP contribution in [0.1, 0.15) is 0 Å². The van der Waals surface area contributed by atoms with E-state index in [1.165, 1.54) is 20.9 Å². The lowest BCUT2D eigenvalue weighted by atomic mass is 10.0. The second-order valence-corrected chi connectivity index (χ2v) is 3.61. The van der Waals surface area contributed by atoms with Gasteiger partial charge in [-0.25, -0.2) is 0 Å². The molecular weight excluding hydrogens is 172 g/mol. The largest absolute Gasteiger partial charge is 0.399 e. The molecule has 3 rings (SSSR count). The second-order valence-electron chi connectivity index (χ2n) is 3.61. The molecule has 0 unspecified atom stereocenters. The highest BCUT2D eigenvalue weighted by Gasteiger charge is 2.02. The summed E-state index contributed by atoms with van der Waals surface area (Å²) in [5.41, 5.74) is 13.1. The van der Waals surface area contributed by atoms with Crippen LogP contribution < -0.4 is 11.5 Å². The van der Waals surface area contributed by atoms with Crippen LogP contribution in [-0.2, 0) is 0 Å². The standard InChI is InChI=1S/C12H10N2/c13-7-1-3-9-11(5-7)10-4-2-8(14)6-12(9)10/h1-6H,13-14H2. The van der Waals surface area contributed by atoms with E-state index >= 15 is 0 Å². The fraction of sp³-hybridized carbons (Fsp3) is 0. The minimum Gasteiger partial charge on any atom is -0.399 e. The zero-order valence-corrected chi connectivity index (χ0v) is 7.62. The Morgan fingerprint density at radius 1 is 0.571 bits per heavy atom. The molecule has 1 aliphatic rings. The van der Waals surface area contributed by atoms with E-state index in [1.807, 2.05) is 36.4 Å². The van der Waals surface area contributed by atoms with Gasteiger partial charge in [0.1, 0.15) is 0 Å². The second kappa shape index (κ2) is 2.29. The van der Waals surface area contributed by atoms with E-state index in [1.54, 1.807) is 0 Å². The van der Waals surface area contributed by atoms with Crippen LogP contribution in [0.3, 0.4) is 0 Å². The molecule has 0 bridgehead atoms. The van der Waals surface area contributed by atoms with Crippen LogP contribution >= 0.6 is 0 Å². The van der Waals surface area contributed by atoms with Crippen LogP contribution in [-0.4, -0.2) is 0 Å². The van der Waals surface area contributed by atoms with Gasteiger partial charge >= 0.3 is 0 Å². The molecule has 2 heteroatoms. The maximum Gasteiger partial charge on any atom is 0.0320 e. The van der Waals surface area contributed by atoms with Crippen molar-refractivity contribution in [1.29, 1.82) is 0 Å². The Morgan fingerprint density at radius 2 is 1.00 bits per heavy atom. The van der Waals surface area contributed by atoms with E-state index < -0.39 is 0 Å². The zero-order chi connectivity index (χ0) is 9.71. The van der Waals surface area contributed by atoms with E-state index in [0.29, 0.717) is 0 Å². The molecule has 14 heavy (non-hydrogen) atoms. The van der Waals surface area contributed by atoms with Crippen LogP contribution in [0, 0.1) is 20.9 Å². The summed E-state index contributed by atoms with van der Waals surface area (Å²) in [6.45, 7) is 0. The first-order chi connectivity index (χ1) is 6.75. The van der Waals surface area contributed by atoms with E-state index in [9.17, 15) is 0 Å². The lowest BCUT2D eigenvalue weighted by Gasteiger charge is -2.05. The molecule has 0 heterocycles. The maximum atomic E-state index is 5.72. The molecule has 0 saturated heterocycles. The van der Waals surface area contributed by atoms with E-state index in [-0.39, 0.29) is 0 Å². The molecule has 4 N–H and O–H groups in total. The third kappa shape index (κ3) is 0.799. The lowest BCUT2D eigenvalue weighted by Crippen LogP contribution is -1.95. The molecule has 0 fully saturated rings. The zero-order valence-electron chi connectivity index (χ0n) is 7.62. The summed E-state index contributed by atoms with van der Waals surface area (Å²) in [5, 5.41) is 4.98. The van der Waals surface area contributed by atoms with Crippen molar-refractivity contribution in [2.24, 2.45) is 0 Å². The monoisotopic (exact) mass is 182 g/mol. The van der Waals surface area contributed by atoms with Crippen LogP contribution in [0.4, 0.5) is 11.4 Å². The van der Waals surface area contributed by atoms with Crippen molar-refractivity contribution in [3.63, 3.8) is 0 Å². The molecule has 0 radical (unpaired) electrons. The third-order valence-corrected chi connectivity index (χ3v) is 2.67. The Labute approximate surface area is 80.8 Å². The van der Waals surface area contributed by atoms with Gasteiger partial charge in [-0.05, 0) is 45.1 Å². The van der Waals surface area contributed by atoms with Crippen LogP contribution in [0.25, 0.3) is 0 Å². The number of fused-ring (bicyclic) bond motifs is 2. The van der Waals surface area contributed by atoms with Gasteiger partial charge in [-0.2, -0.15) is 0 Å². The van der Waals surface area contributed by atoms with Crippen molar-refractivity contribution in [2.75, 3.05) is 11.5 Å². The van der Waals surface area contributed by atoms with Gasteiger partial charge in [0.15, 0.2) is 0 Å². The highest BCUT2D eigenvalue weighted by Crippen LogP contribution is 2.17. The summed E-state index contributed by atoms with van der Waals surface area (Å²) in [7, 11) is 0. The first-order valence-corrected chi connectivity index (χ1v) is 4.55. The van der Waals surface area contributed by atoms with Gasteiger partial charge in [-0.3, -0.25) is 0 Å². The molecular formula is C12H10N2. The van der Waals surface area contributed by atoms with Crippen LogP contribution in [0.2, 0.25) is 0 Å². The van der Waals surface area contributed by atoms with Crippen LogP contribution in [0.5, 0.6) is 0 Å². The SMILES string of the molecule is Nc1ccc2c(c1)=c1ccc(N)cc1=2. The van der Waals surface area contributed by atoms with E-state index in [0.717, 1.165) is 11.4 Å². The Kier molecular flexibility index (Phi) is 1.22. The maximum absolute atomic E-state index is 5.72. The van der Waals surface area contributed by atoms with Crippen LogP contribution in [0.15, 0.2) is 36.4 Å². The highest BCUT2D eigenvalue weighted by molar-refractivity contribution is 5.46. The quantitative estimate of drug-likeness (QED) is 0.520. The molecule has 0 aliphatic heterocycles. The van der Waals surface area contributed by atoms with Crippen molar-refractivity contribution >= 4 is 11.4 Å². The molecule has 0 aromatic heterocycles. The molecule has 0 atom stereocenters. The molecule has 0 amide bonds. The van der Waals surface area contributed by atoms with E-state index in [4.69, 9.17) is 11.5 Å². The number of hydrogen-bond acceptors (Lipinski definition) is 2. The predicted molar refractivity (Wildman–Crippen MR) is 57.1 cm³/mol. The molecule has 2 aromatic rings. The van der Waals surface area contributed by atoms with Gasteiger partial charge in [-0.1, -0.05) is 12.1 Å². The molecule has 2 nitrogen and oxygen atoms in total. The van der Waals surface area contributed by atoms with Gasteiger partial charge in [0, 0.05) is 11.4 Å². The molecule has 0 saturated carbocycles. The number of anilines is 2. The Hall–Kier alpha value is -1.96. The summed E-state index contributed by atoms with van der Waals surface area (Å²) >= 11 is 0. The minimum absolute atomic E-state index is 0.811. The van der Waals surface area contributed by atoms with Gasteiger partial charge < -0.3 is 11.5 Å². The van der Waals surface area contributed by atoms with Crippen molar-refractivity contribution in [2.45, 2.75) is 0 Å². The average Bonchev–Trinajstić information content (AvgIpc) is 2.16. The highest BCUT2D eigenvalue weighted by atomic mass is 14.5. The lowest BCUT2D eigenvalue weighted by molar-refractivity contribution is 1.29. The van der Waals surface area contributed by atoms with Gasteiger partial charge in [-0.15, -0.1) is 0 Å². The first kappa shape index (κ1) is 7.44. The summed E-state index contributed by atoms with van der Waals surface area (Å²) < 4.78 is 0. The van der Waals surface area contributed by atoms with Crippen molar-refractivity contribution in [3.8, 4) is 0 Å². The van der Waals surface area contributed by atoms with E-state index in [2.05, 4.69) is 0 Å². The number of nitrogens with two attached hydrogens (primary N) is 2. The fourth-order valence-electron chi connectivity index (χ4n) is 1.98. The molecule has 68 valence electrons. The molecule has 1 aliphatic carbocycles. The summed E-state index contributed by atoms with van der Waals surface area (Å²) in [6, 6.07) is 12.0. The van der Waals surface area contributed by atoms with Gasteiger partial charge in [0.05, 0.1) is 0 Å². The summed E-state index contributed by atoms with van der Waals surface area (Å²) in [4.78, 5) is 0. The summed E-state index contributed by atoms with van der Waals surface area (Å²) in [5.74, 6) is 0. The Bertz CT molecular complexity index is 616. The Balaban J connectivity index is 2.58.